The van der Waals surface area contributed by atoms with Gasteiger partial charge in [0.25, 0.3) is 0 Å². The van der Waals surface area contributed by atoms with E-state index in [0.29, 0.717) is 42.6 Å². The molecule has 2 aromatic rings. The number of carbonyl (C=O) groups is 2. The normalized spacial score (nSPS) is 16.2. The predicted octanol–water partition coefficient (Wildman–Crippen LogP) is 2.85. The minimum atomic E-state index is -0.433. The van der Waals surface area contributed by atoms with Gasteiger partial charge < -0.3 is 24.7 Å². The van der Waals surface area contributed by atoms with Crippen molar-refractivity contribution in [2.75, 3.05) is 25.1 Å². The Kier molecular flexibility index (Phi) is 8.70. The van der Waals surface area contributed by atoms with Crippen molar-refractivity contribution in [1.29, 1.82) is 0 Å². The highest BCUT2D eigenvalue weighted by Crippen LogP contribution is 2.21. The molecular weight excluding hydrogens is 499 g/mol. The van der Waals surface area contributed by atoms with E-state index in [0.717, 1.165) is 5.69 Å². The van der Waals surface area contributed by atoms with Gasteiger partial charge >= 0.3 is 5.97 Å². The average Bonchev–Trinajstić information content (AvgIpc) is 3.28. The molecule has 2 heterocycles. The zero-order valence-electron chi connectivity index (χ0n) is 17.3. The van der Waals surface area contributed by atoms with E-state index in [-0.39, 0.29) is 42.5 Å². The molecule has 0 bridgehead atoms. The number of guanidine groups is 1. The first-order valence-electron chi connectivity index (χ1n) is 9.59. The van der Waals surface area contributed by atoms with Gasteiger partial charge in [-0.05, 0) is 32.0 Å². The van der Waals surface area contributed by atoms with Crippen molar-refractivity contribution in [2.45, 2.75) is 32.9 Å². The van der Waals surface area contributed by atoms with E-state index in [9.17, 15) is 9.59 Å². The number of para-hydroxylation sites is 1. The van der Waals surface area contributed by atoms with Crippen LogP contribution in [0.3, 0.4) is 0 Å². The van der Waals surface area contributed by atoms with Crippen LogP contribution in [0, 0.1) is 6.92 Å². The highest BCUT2D eigenvalue weighted by atomic mass is 127. The van der Waals surface area contributed by atoms with Crippen LogP contribution in [-0.2, 0) is 16.1 Å². The molecule has 1 unspecified atom stereocenters. The molecule has 8 nitrogen and oxygen atoms in total. The van der Waals surface area contributed by atoms with Crippen LogP contribution in [0.25, 0.3) is 0 Å². The van der Waals surface area contributed by atoms with Gasteiger partial charge in [0, 0.05) is 25.2 Å². The van der Waals surface area contributed by atoms with E-state index < -0.39 is 5.97 Å². The number of carbonyl (C=O) groups excluding carboxylic acids is 2. The lowest BCUT2D eigenvalue weighted by atomic mass is 10.2. The minimum absolute atomic E-state index is 0. The molecule has 1 aliphatic heterocycles. The summed E-state index contributed by atoms with van der Waals surface area (Å²) >= 11 is 0. The Morgan fingerprint density at radius 3 is 2.73 bits per heavy atom. The van der Waals surface area contributed by atoms with E-state index in [1.165, 1.54) is 7.11 Å². The van der Waals surface area contributed by atoms with Crippen LogP contribution in [0.15, 0.2) is 45.8 Å². The number of methoxy groups -OCH3 is 1. The number of nitrogens with zero attached hydrogens (tertiary/aromatic N) is 2. The predicted molar refractivity (Wildman–Crippen MR) is 125 cm³/mol. The van der Waals surface area contributed by atoms with Gasteiger partial charge in [-0.15, -0.1) is 24.0 Å². The van der Waals surface area contributed by atoms with E-state index in [4.69, 9.17) is 9.15 Å². The van der Waals surface area contributed by atoms with Crippen molar-refractivity contribution in [1.82, 2.24) is 10.6 Å². The summed E-state index contributed by atoms with van der Waals surface area (Å²) in [6, 6.07) is 11.2. The third-order valence-electron chi connectivity index (χ3n) is 4.65. The Bertz CT molecular complexity index is 898. The molecule has 1 fully saturated rings. The van der Waals surface area contributed by atoms with Gasteiger partial charge in [0.05, 0.1) is 13.2 Å². The van der Waals surface area contributed by atoms with Crippen molar-refractivity contribution in [3.63, 3.8) is 0 Å². The van der Waals surface area contributed by atoms with Crippen LogP contribution in [0.5, 0.6) is 0 Å². The number of hydrogen-bond donors (Lipinski definition) is 2. The molecule has 0 spiro atoms. The first-order chi connectivity index (χ1) is 14.0. The molecule has 2 N–H and O–H groups in total. The molecule has 162 valence electrons. The Hall–Kier alpha value is -2.56. The first kappa shape index (κ1) is 23.7. The van der Waals surface area contributed by atoms with Gasteiger partial charge in [-0.2, -0.15) is 0 Å². The number of amides is 1. The molecule has 0 aliphatic carbocycles. The molecule has 3 rings (SSSR count). The van der Waals surface area contributed by atoms with Crippen LogP contribution >= 0.6 is 24.0 Å². The van der Waals surface area contributed by atoms with Crippen LogP contribution in [0.4, 0.5) is 5.69 Å². The summed E-state index contributed by atoms with van der Waals surface area (Å²) in [4.78, 5) is 30.4. The number of furan rings is 1. The Morgan fingerprint density at radius 1 is 1.33 bits per heavy atom. The average molecular weight is 526 g/mol. The summed E-state index contributed by atoms with van der Waals surface area (Å²) in [6.07, 6.45) is 0.395. The van der Waals surface area contributed by atoms with E-state index in [1.54, 1.807) is 17.9 Å². The van der Waals surface area contributed by atoms with Crippen molar-refractivity contribution >= 4 is 47.5 Å². The van der Waals surface area contributed by atoms with Crippen LogP contribution in [0.2, 0.25) is 0 Å². The highest BCUT2D eigenvalue weighted by Gasteiger charge is 2.31. The summed E-state index contributed by atoms with van der Waals surface area (Å²) in [5.74, 6) is 1.30. The molecule has 1 aromatic heterocycles. The highest BCUT2D eigenvalue weighted by molar-refractivity contribution is 14.0. The molecule has 0 saturated carbocycles. The number of benzene rings is 1. The van der Waals surface area contributed by atoms with Gasteiger partial charge in [-0.3, -0.25) is 4.79 Å². The number of anilines is 1. The van der Waals surface area contributed by atoms with E-state index in [1.807, 2.05) is 37.3 Å². The zero-order chi connectivity index (χ0) is 20.8. The molecule has 30 heavy (non-hydrogen) atoms. The summed E-state index contributed by atoms with van der Waals surface area (Å²) in [7, 11) is 1.33. The van der Waals surface area contributed by atoms with Crippen molar-refractivity contribution in [2.24, 2.45) is 4.99 Å². The lowest BCUT2D eigenvalue weighted by molar-refractivity contribution is -0.117. The van der Waals surface area contributed by atoms with Crippen LogP contribution in [-0.4, -0.2) is 44.1 Å². The van der Waals surface area contributed by atoms with E-state index in [2.05, 4.69) is 15.6 Å². The second kappa shape index (κ2) is 11.0. The summed E-state index contributed by atoms with van der Waals surface area (Å²) in [6.45, 7) is 5.19. The molecule has 1 aliphatic rings. The summed E-state index contributed by atoms with van der Waals surface area (Å²) in [5, 5.41) is 6.50. The maximum atomic E-state index is 12.4. The van der Waals surface area contributed by atoms with Gasteiger partial charge in [-0.1, -0.05) is 18.2 Å². The smallest absolute Gasteiger partial charge is 0.341 e. The SMILES string of the molecule is CCNC(=NCc1cc(C(=O)OC)c(C)o1)NC1CC(=O)N(c2ccccc2)C1.I. The van der Waals surface area contributed by atoms with Gasteiger partial charge in [0.2, 0.25) is 5.91 Å². The molecule has 1 saturated heterocycles. The Morgan fingerprint density at radius 2 is 2.07 bits per heavy atom. The zero-order valence-corrected chi connectivity index (χ0v) is 19.6. The number of ether oxygens (including phenoxy) is 1. The quantitative estimate of drug-likeness (QED) is 0.260. The fourth-order valence-electron chi connectivity index (χ4n) is 3.27. The van der Waals surface area contributed by atoms with Crippen LogP contribution < -0.4 is 15.5 Å². The maximum absolute atomic E-state index is 12.4. The maximum Gasteiger partial charge on any atom is 0.341 e. The van der Waals surface area contributed by atoms with E-state index >= 15 is 0 Å². The molecule has 1 atom stereocenters. The van der Waals surface area contributed by atoms with Gasteiger partial charge in [0.15, 0.2) is 5.96 Å². The Labute approximate surface area is 193 Å². The number of aryl methyl sites for hydroxylation is 1. The molecular formula is C21H27IN4O4. The fourth-order valence-corrected chi connectivity index (χ4v) is 3.27. The van der Waals surface area contributed by atoms with Crippen molar-refractivity contribution in [3.8, 4) is 0 Å². The number of nitrogens with one attached hydrogen (secondary N) is 2. The largest absolute Gasteiger partial charge is 0.465 e. The lowest BCUT2D eigenvalue weighted by Gasteiger charge is -2.18. The topological polar surface area (TPSA) is 96.2 Å². The standard InChI is InChI=1S/C21H26N4O4.HI/c1-4-22-21(23-12-17-11-18(14(2)29-17)20(27)28-3)24-15-10-19(26)25(13-15)16-8-6-5-7-9-16;/h5-9,11,15H,4,10,12-13H2,1-3H3,(H2,22,23,24);1H. The number of rotatable bonds is 6. The molecule has 0 radical (unpaired) electrons. The second-order valence-corrected chi connectivity index (χ2v) is 6.75. The monoisotopic (exact) mass is 526 g/mol. The Balaban J connectivity index is 0.00000320. The number of hydrogen-bond acceptors (Lipinski definition) is 5. The van der Waals surface area contributed by atoms with Gasteiger partial charge in [-0.25, -0.2) is 9.79 Å². The third kappa shape index (κ3) is 5.74. The third-order valence-corrected chi connectivity index (χ3v) is 4.65. The second-order valence-electron chi connectivity index (χ2n) is 6.75. The first-order valence-corrected chi connectivity index (χ1v) is 9.59. The van der Waals surface area contributed by atoms with Gasteiger partial charge in [0.1, 0.15) is 23.6 Å². The van der Waals surface area contributed by atoms with Crippen molar-refractivity contribution < 1.29 is 18.7 Å². The number of aliphatic imine (C=N–C) groups is 1. The molecule has 1 amide bonds. The summed E-state index contributed by atoms with van der Waals surface area (Å²) < 4.78 is 10.3. The number of halogens is 1. The molecule has 9 heteroatoms. The lowest BCUT2D eigenvalue weighted by Crippen LogP contribution is -2.44. The molecule has 1 aromatic carbocycles. The fraction of sp³-hybridized carbons (Fsp3) is 0.381. The number of esters is 1. The summed E-state index contributed by atoms with van der Waals surface area (Å²) in [5.41, 5.74) is 1.29. The van der Waals surface area contributed by atoms with Crippen LogP contribution in [0.1, 0.15) is 35.2 Å². The van der Waals surface area contributed by atoms with Crippen molar-refractivity contribution in [3.05, 3.63) is 53.5 Å². The minimum Gasteiger partial charge on any atom is -0.465 e.